The largest absolute Gasteiger partial charge is 0.317 e. The standard InChI is InChI=1S/C16H22N2OS/c1-10-5-6-11-12(9-17)15(20-13(11)7-10)18-14(19)8-16(2,3)4/h10H,5-8H2,1-4H3,(H,18,19). The lowest BCUT2D eigenvalue weighted by atomic mass is 9.88. The summed E-state index contributed by atoms with van der Waals surface area (Å²) in [4.78, 5) is 13.3. The van der Waals surface area contributed by atoms with Crippen LogP contribution < -0.4 is 5.32 Å². The van der Waals surface area contributed by atoms with Gasteiger partial charge >= 0.3 is 0 Å². The first-order valence-corrected chi connectivity index (χ1v) is 7.96. The number of rotatable bonds is 2. The zero-order chi connectivity index (χ0) is 14.9. The molecule has 1 aromatic rings. The minimum Gasteiger partial charge on any atom is -0.317 e. The molecule has 4 heteroatoms. The van der Waals surface area contributed by atoms with Gasteiger partial charge in [0.25, 0.3) is 0 Å². The van der Waals surface area contributed by atoms with E-state index in [2.05, 4.69) is 18.3 Å². The van der Waals surface area contributed by atoms with Gasteiger partial charge in [0.1, 0.15) is 11.1 Å². The summed E-state index contributed by atoms with van der Waals surface area (Å²) in [6, 6.07) is 2.28. The summed E-state index contributed by atoms with van der Waals surface area (Å²) in [5.74, 6) is 0.673. The summed E-state index contributed by atoms with van der Waals surface area (Å²) in [5, 5.41) is 13.1. The first kappa shape index (κ1) is 15.1. The second-order valence-corrected chi connectivity index (χ2v) is 8.06. The van der Waals surface area contributed by atoms with Gasteiger partial charge < -0.3 is 5.32 Å². The van der Waals surface area contributed by atoms with Crippen molar-refractivity contribution in [2.75, 3.05) is 5.32 Å². The van der Waals surface area contributed by atoms with Crippen LogP contribution in [0.2, 0.25) is 0 Å². The molecule has 1 heterocycles. The van der Waals surface area contributed by atoms with E-state index in [0.717, 1.165) is 24.3 Å². The van der Waals surface area contributed by atoms with Gasteiger partial charge in [0.15, 0.2) is 0 Å². The highest BCUT2D eigenvalue weighted by molar-refractivity contribution is 7.16. The summed E-state index contributed by atoms with van der Waals surface area (Å²) < 4.78 is 0. The van der Waals surface area contributed by atoms with E-state index < -0.39 is 0 Å². The van der Waals surface area contributed by atoms with Crippen LogP contribution >= 0.6 is 11.3 Å². The molecule has 20 heavy (non-hydrogen) atoms. The molecule has 1 amide bonds. The van der Waals surface area contributed by atoms with Crippen LogP contribution in [-0.4, -0.2) is 5.91 Å². The monoisotopic (exact) mass is 290 g/mol. The predicted molar refractivity (Wildman–Crippen MR) is 82.9 cm³/mol. The van der Waals surface area contributed by atoms with Gasteiger partial charge in [0.05, 0.1) is 5.56 Å². The molecule has 0 bridgehead atoms. The molecular weight excluding hydrogens is 268 g/mol. The number of thiophene rings is 1. The lowest BCUT2D eigenvalue weighted by Gasteiger charge is -2.17. The number of nitrogens with one attached hydrogen (secondary N) is 1. The number of amides is 1. The van der Waals surface area contributed by atoms with Gasteiger partial charge in [0, 0.05) is 11.3 Å². The predicted octanol–water partition coefficient (Wildman–Crippen LogP) is 4.12. The molecule has 0 radical (unpaired) electrons. The Balaban J connectivity index is 2.21. The maximum atomic E-state index is 12.1. The summed E-state index contributed by atoms with van der Waals surface area (Å²) in [6.45, 7) is 8.36. The number of fused-ring (bicyclic) bond motifs is 1. The fourth-order valence-corrected chi connectivity index (χ4v) is 3.99. The number of nitrogens with zero attached hydrogens (tertiary/aromatic N) is 1. The number of anilines is 1. The zero-order valence-electron chi connectivity index (χ0n) is 12.7. The highest BCUT2D eigenvalue weighted by atomic mass is 32.1. The van der Waals surface area contributed by atoms with Crippen LogP contribution in [0.5, 0.6) is 0 Å². The normalized spacial score (nSPS) is 18.2. The Morgan fingerprint density at radius 3 is 2.80 bits per heavy atom. The SMILES string of the molecule is CC1CCc2c(sc(NC(=O)CC(C)(C)C)c2C#N)C1. The third-order valence-electron chi connectivity index (χ3n) is 3.57. The first-order valence-electron chi connectivity index (χ1n) is 7.14. The maximum Gasteiger partial charge on any atom is 0.225 e. The maximum absolute atomic E-state index is 12.1. The zero-order valence-corrected chi connectivity index (χ0v) is 13.5. The van der Waals surface area contributed by atoms with E-state index in [-0.39, 0.29) is 11.3 Å². The fraction of sp³-hybridized carbons (Fsp3) is 0.625. The van der Waals surface area contributed by atoms with Crippen LogP contribution in [0.3, 0.4) is 0 Å². The smallest absolute Gasteiger partial charge is 0.225 e. The summed E-state index contributed by atoms with van der Waals surface area (Å²) >= 11 is 1.59. The van der Waals surface area contributed by atoms with E-state index >= 15 is 0 Å². The Morgan fingerprint density at radius 1 is 1.50 bits per heavy atom. The average Bonchev–Trinajstić information content (AvgIpc) is 2.62. The number of carbonyl (C=O) groups excluding carboxylic acids is 1. The van der Waals surface area contributed by atoms with Crippen LogP contribution in [0.15, 0.2) is 0 Å². The van der Waals surface area contributed by atoms with E-state index in [0.29, 0.717) is 17.9 Å². The lowest BCUT2D eigenvalue weighted by Crippen LogP contribution is -2.19. The molecule has 0 aliphatic heterocycles. The van der Waals surface area contributed by atoms with Crippen molar-refractivity contribution in [3.8, 4) is 6.07 Å². The van der Waals surface area contributed by atoms with E-state index in [1.54, 1.807) is 11.3 Å². The highest BCUT2D eigenvalue weighted by Gasteiger charge is 2.25. The molecule has 1 N–H and O–H groups in total. The summed E-state index contributed by atoms with van der Waals surface area (Å²) in [7, 11) is 0. The van der Waals surface area contributed by atoms with Gasteiger partial charge in [-0.1, -0.05) is 27.7 Å². The van der Waals surface area contributed by atoms with Crippen molar-refractivity contribution in [1.82, 2.24) is 0 Å². The average molecular weight is 290 g/mol. The van der Waals surface area contributed by atoms with Crippen molar-refractivity contribution in [3.05, 3.63) is 16.0 Å². The van der Waals surface area contributed by atoms with E-state index in [4.69, 9.17) is 0 Å². The minimum absolute atomic E-state index is 0.000598. The van der Waals surface area contributed by atoms with Gasteiger partial charge in [-0.3, -0.25) is 4.79 Å². The molecule has 1 aliphatic carbocycles. The Bertz CT molecular complexity index is 560. The Labute approximate surface area is 125 Å². The Hall–Kier alpha value is -1.34. The highest BCUT2D eigenvalue weighted by Crippen LogP contribution is 2.39. The number of hydrogen-bond acceptors (Lipinski definition) is 3. The molecule has 0 spiro atoms. The molecule has 1 aromatic heterocycles. The van der Waals surface area contributed by atoms with E-state index in [1.165, 1.54) is 10.4 Å². The van der Waals surface area contributed by atoms with Gasteiger partial charge in [-0.05, 0) is 36.2 Å². The van der Waals surface area contributed by atoms with Gasteiger partial charge in [-0.2, -0.15) is 5.26 Å². The molecule has 0 aromatic carbocycles. The molecule has 1 unspecified atom stereocenters. The third kappa shape index (κ3) is 3.40. The summed E-state index contributed by atoms with van der Waals surface area (Å²) in [5.41, 5.74) is 1.82. The number of carbonyl (C=O) groups is 1. The van der Waals surface area contributed by atoms with Crippen LogP contribution in [0.1, 0.15) is 56.5 Å². The molecule has 1 atom stereocenters. The molecule has 1 aliphatic rings. The van der Waals surface area contributed by atoms with Crippen molar-refractivity contribution in [1.29, 1.82) is 5.26 Å². The Morgan fingerprint density at radius 2 is 2.20 bits per heavy atom. The second-order valence-electron chi connectivity index (χ2n) is 6.95. The minimum atomic E-state index is -0.0394. The Kier molecular flexibility index (Phi) is 4.19. The van der Waals surface area contributed by atoms with Crippen molar-refractivity contribution in [2.45, 2.75) is 53.4 Å². The van der Waals surface area contributed by atoms with Crippen LogP contribution in [-0.2, 0) is 17.6 Å². The number of hydrogen-bond donors (Lipinski definition) is 1. The topological polar surface area (TPSA) is 52.9 Å². The molecular formula is C16H22N2OS. The van der Waals surface area contributed by atoms with Crippen molar-refractivity contribution in [3.63, 3.8) is 0 Å². The molecule has 0 saturated carbocycles. The molecule has 0 saturated heterocycles. The van der Waals surface area contributed by atoms with Crippen molar-refractivity contribution in [2.24, 2.45) is 11.3 Å². The second kappa shape index (κ2) is 5.57. The van der Waals surface area contributed by atoms with E-state index in [1.807, 2.05) is 20.8 Å². The van der Waals surface area contributed by atoms with Crippen LogP contribution in [0.4, 0.5) is 5.00 Å². The third-order valence-corrected chi connectivity index (χ3v) is 4.74. The lowest BCUT2D eigenvalue weighted by molar-refractivity contribution is -0.117. The first-order chi connectivity index (χ1) is 9.30. The number of nitriles is 1. The van der Waals surface area contributed by atoms with Crippen molar-refractivity contribution >= 4 is 22.2 Å². The molecule has 2 rings (SSSR count). The molecule has 108 valence electrons. The fourth-order valence-electron chi connectivity index (χ4n) is 2.61. The van der Waals surface area contributed by atoms with Crippen molar-refractivity contribution < 1.29 is 4.79 Å². The quantitative estimate of drug-likeness (QED) is 0.890. The van der Waals surface area contributed by atoms with Gasteiger partial charge in [-0.15, -0.1) is 11.3 Å². The van der Waals surface area contributed by atoms with E-state index in [9.17, 15) is 10.1 Å². The van der Waals surface area contributed by atoms with Gasteiger partial charge in [-0.25, -0.2) is 0 Å². The summed E-state index contributed by atoms with van der Waals surface area (Å²) in [6.07, 6.45) is 3.60. The molecule has 0 fully saturated rings. The van der Waals surface area contributed by atoms with Crippen LogP contribution in [0.25, 0.3) is 0 Å². The van der Waals surface area contributed by atoms with Crippen LogP contribution in [0, 0.1) is 22.7 Å². The van der Waals surface area contributed by atoms with Gasteiger partial charge in [0.2, 0.25) is 5.91 Å². The molecule has 3 nitrogen and oxygen atoms in total.